The van der Waals surface area contributed by atoms with Crippen molar-refractivity contribution in [2.75, 3.05) is 19.6 Å². The van der Waals surface area contributed by atoms with Gasteiger partial charge in [-0.1, -0.05) is 12.1 Å². The SMILES string of the molecule is CCNC(=NCC1(c2cccc(F)c2)CC1)NCCc1ccncc1C.I. The highest BCUT2D eigenvalue weighted by Gasteiger charge is 2.44. The van der Waals surface area contributed by atoms with Crippen LogP contribution in [0.5, 0.6) is 0 Å². The van der Waals surface area contributed by atoms with E-state index in [4.69, 9.17) is 4.99 Å². The summed E-state index contributed by atoms with van der Waals surface area (Å²) in [5.41, 5.74) is 3.57. The minimum absolute atomic E-state index is 0. The second-order valence-electron chi connectivity index (χ2n) is 6.96. The van der Waals surface area contributed by atoms with E-state index in [0.717, 1.165) is 43.9 Å². The molecule has 1 aliphatic carbocycles. The first-order chi connectivity index (χ1) is 12.6. The van der Waals surface area contributed by atoms with E-state index in [1.165, 1.54) is 17.2 Å². The summed E-state index contributed by atoms with van der Waals surface area (Å²) in [4.78, 5) is 8.90. The topological polar surface area (TPSA) is 49.3 Å². The molecule has 1 aromatic heterocycles. The molecule has 1 saturated carbocycles. The second-order valence-corrected chi connectivity index (χ2v) is 6.96. The molecule has 2 N–H and O–H groups in total. The molecule has 146 valence electrons. The second kappa shape index (κ2) is 10.0. The zero-order chi connectivity index (χ0) is 18.4. The van der Waals surface area contributed by atoms with Gasteiger partial charge in [0.05, 0.1) is 6.54 Å². The number of aryl methyl sites for hydroxylation is 1. The van der Waals surface area contributed by atoms with E-state index < -0.39 is 0 Å². The van der Waals surface area contributed by atoms with Crippen molar-refractivity contribution in [3.63, 3.8) is 0 Å². The van der Waals surface area contributed by atoms with Gasteiger partial charge in [0.1, 0.15) is 5.82 Å². The molecule has 3 rings (SSSR count). The van der Waals surface area contributed by atoms with E-state index >= 15 is 0 Å². The quantitative estimate of drug-likeness (QED) is 0.357. The van der Waals surface area contributed by atoms with E-state index in [2.05, 4.69) is 35.5 Å². The molecular weight excluding hydrogens is 454 g/mol. The molecule has 6 heteroatoms. The van der Waals surface area contributed by atoms with Crippen LogP contribution in [-0.4, -0.2) is 30.6 Å². The van der Waals surface area contributed by atoms with Gasteiger partial charge in [-0.3, -0.25) is 9.98 Å². The van der Waals surface area contributed by atoms with Crippen molar-refractivity contribution < 1.29 is 4.39 Å². The number of hydrogen-bond donors (Lipinski definition) is 2. The molecule has 0 unspecified atom stereocenters. The fourth-order valence-electron chi connectivity index (χ4n) is 3.18. The maximum absolute atomic E-state index is 13.5. The molecule has 0 bridgehead atoms. The van der Waals surface area contributed by atoms with Gasteiger partial charge >= 0.3 is 0 Å². The Morgan fingerprint density at radius 1 is 1.26 bits per heavy atom. The van der Waals surface area contributed by atoms with Crippen LogP contribution in [0.1, 0.15) is 36.5 Å². The number of aliphatic imine (C=N–C) groups is 1. The van der Waals surface area contributed by atoms with Crippen molar-refractivity contribution in [1.82, 2.24) is 15.6 Å². The van der Waals surface area contributed by atoms with E-state index in [1.807, 2.05) is 18.5 Å². The molecule has 0 radical (unpaired) electrons. The predicted octanol–water partition coefficient (Wildman–Crippen LogP) is 3.98. The van der Waals surface area contributed by atoms with Crippen LogP contribution in [0.2, 0.25) is 0 Å². The lowest BCUT2D eigenvalue weighted by atomic mass is 9.96. The van der Waals surface area contributed by atoms with Gasteiger partial charge < -0.3 is 10.6 Å². The van der Waals surface area contributed by atoms with Gasteiger partial charge in [-0.15, -0.1) is 24.0 Å². The summed E-state index contributed by atoms with van der Waals surface area (Å²) in [5.74, 6) is 0.650. The molecule has 2 aromatic rings. The molecule has 0 atom stereocenters. The maximum Gasteiger partial charge on any atom is 0.191 e. The lowest BCUT2D eigenvalue weighted by Crippen LogP contribution is -2.39. The van der Waals surface area contributed by atoms with Gasteiger partial charge in [0.15, 0.2) is 5.96 Å². The number of nitrogens with zero attached hydrogens (tertiary/aromatic N) is 2. The summed E-state index contributed by atoms with van der Waals surface area (Å²) in [7, 11) is 0. The number of pyridine rings is 1. The minimum Gasteiger partial charge on any atom is -0.357 e. The third kappa shape index (κ3) is 5.89. The van der Waals surface area contributed by atoms with Crippen LogP contribution in [0.3, 0.4) is 0 Å². The van der Waals surface area contributed by atoms with Gasteiger partial charge in [-0.25, -0.2) is 4.39 Å². The van der Waals surface area contributed by atoms with Crippen LogP contribution >= 0.6 is 24.0 Å². The largest absolute Gasteiger partial charge is 0.357 e. The lowest BCUT2D eigenvalue weighted by molar-refractivity contribution is 0.615. The van der Waals surface area contributed by atoms with Crippen LogP contribution in [0.15, 0.2) is 47.7 Å². The van der Waals surface area contributed by atoms with Crippen molar-refractivity contribution in [3.8, 4) is 0 Å². The standard InChI is InChI=1S/C21H27FN4.HI/c1-3-24-20(25-12-8-17-7-11-23-14-16(17)2)26-15-21(9-10-21)18-5-4-6-19(22)13-18;/h4-7,11,13-14H,3,8-10,12,15H2,1-2H3,(H2,24,25,26);1H. The van der Waals surface area contributed by atoms with Gasteiger partial charge in [0.2, 0.25) is 0 Å². The lowest BCUT2D eigenvalue weighted by Gasteiger charge is -2.16. The first-order valence-electron chi connectivity index (χ1n) is 9.31. The zero-order valence-electron chi connectivity index (χ0n) is 16.0. The van der Waals surface area contributed by atoms with Crippen LogP contribution < -0.4 is 10.6 Å². The van der Waals surface area contributed by atoms with Crippen LogP contribution in [0.25, 0.3) is 0 Å². The summed E-state index contributed by atoms with van der Waals surface area (Å²) in [6.45, 7) is 6.44. The number of benzene rings is 1. The van der Waals surface area contributed by atoms with E-state index in [9.17, 15) is 4.39 Å². The highest BCUT2D eigenvalue weighted by molar-refractivity contribution is 14.0. The molecule has 1 aromatic carbocycles. The van der Waals surface area contributed by atoms with Crippen LogP contribution in [-0.2, 0) is 11.8 Å². The first-order valence-corrected chi connectivity index (χ1v) is 9.31. The van der Waals surface area contributed by atoms with E-state index in [0.29, 0.717) is 6.54 Å². The van der Waals surface area contributed by atoms with Crippen LogP contribution in [0.4, 0.5) is 4.39 Å². The number of halogens is 2. The zero-order valence-corrected chi connectivity index (χ0v) is 18.3. The Balaban J connectivity index is 0.00000261. The minimum atomic E-state index is -0.171. The Labute approximate surface area is 178 Å². The smallest absolute Gasteiger partial charge is 0.191 e. The van der Waals surface area contributed by atoms with Gasteiger partial charge in [-0.05, 0) is 68.0 Å². The highest BCUT2D eigenvalue weighted by Crippen LogP contribution is 2.48. The monoisotopic (exact) mass is 482 g/mol. The number of rotatable bonds is 7. The molecule has 0 saturated heterocycles. The van der Waals surface area contributed by atoms with Crippen molar-refractivity contribution >= 4 is 29.9 Å². The Hall–Kier alpha value is -1.70. The average molecular weight is 482 g/mol. The third-order valence-electron chi connectivity index (χ3n) is 5.00. The molecule has 0 aliphatic heterocycles. The average Bonchev–Trinajstić information content (AvgIpc) is 3.42. The Morgan fingerprint density at radius 3 is 2.74 bits per heavy atom. The number of nitrogens with one attached hydrogen (secondary N) is 2. The Kier molecular flexibility index (Phi) is 8.01. The Morgan fingerprint density at radius 2 is 2.07 bits per heavy atom. The van der Waals surface area contributed by atoms with Crippen LogP contribution in [0, 0.1) is 12.7 Å². The fraction of sp³-hybridized carbons (Fsp3) is 0.429. The number of hydrogen-bond acceptors (Lipinski definition) is 2. The molecule has 1 heterocycles. The van der Waals surface area contributed by atoms with Crippen molar-refractivity contribution in [3.05, 3.63) is 65.2 Å². The summed E-state index contributed by atoms with van der Waals surface area (Å²) < 4.78 is 13.5. The highest BCUT2D eigenvalue weighted by atomic mass is 127. The molecule has 1 fully saturated rings. The summed E-state index contributed by atoms with van der Waals surface area (Å²) >= 11 is 0. The molecular formula is C21H28FIN4. The normalized spacial score (nSPS) is 15.0. The molecule has 0 amide bonds. The molecule has 1 aliphatic rings. The molecule has 0 spiro atoms. The summed E-state index contributed by atoms with van der Waals surface area (Å²) in [5, 5.41) is 6.70. The van der Waals surface area contributed by atoms with Crippen molar-refractivity contribution in [2.45, 2.75) is 38.5 Å². The molecule has 4 nitrogen and oxygen atoms in total. The van der Waals surface area contributed by atoms with Crippen molar-refractivity contribution in [1.29, 1.82) is 0 Å². The number of aromatic nitrogens is 1. The maximum atomic E-state index is 13.5. The van der Waals surface area contributed by atoms with E-state index in [-0.39, 0.29) is 35.2 Å². The third-order valence-corrected chi connectivity index (χ3v) is 5.00. The summed E-state index contributed by atoms with van der Waals surface area (Å²) in [6, 6.07) is 9.00. The fourth-order valence-corrected chi connectivity index (χ4v) is 3.18. The predicted molar refractivity (Wildman–Crippen MR) is 119 cm³/mol. The molecule has 27 heavy (non-hydrogen) atoms. The van der Waals surface area contributed by atoms with Crippen molar-refractivity contribution in [2.24, 2.45) is 4.99 Å². The van der Waals surface area contributed by atoms with E-state index in [1.54, 1.807) is 12.1 Å². The summed E-state index contributed by atoms with van der Waals surface area (Å²) in [6.07, 6.45) is 6.78. The first kappa shape index (κ1) is 21.6. The van der Waals surface area contributed by atoms with Gasteiger partial charge in [0, 0.05) is 30.9 Å². The number of guanidine groups is 1. The Bertz CT molecular complexity index is 774. The van der Waals surface area contributed by atoms with Gasteiger partial charge in [0.25, 0.3) is 0 Å². The van der Waals surface area contributed by atoms with Gasteiger partial charge in [-0.2, -0.15) is 0 Å².